The van der Waals surface area contributed by atoms with E-state index in [1.165, 1.54) is 11.1 Å². The monoisotopic (exact) mass is 262 g/mol. The van der Waals surface area contributed by atoms with E-state index in [9.17, 15) is 4.79 Å². The molecule has 0 amide bonds. The maximum Gasteiger partial charge on any atom is 0.323 e. The standard InChI is InChI=1S/C15H22N2O2/c1-3-19-15(18)11(2)17-9-8-12-6-4-5-7-13(12)14(17)10-16/h4-7,11,14H,3,8-10,16H2,1-2H3. The minimum atomic E-state index is -0.248. The van der Waals surface area contributed by atoms with Crippen LogP contribution in [0.5, 0.6) is 0 Å². The van der Waals surface area contributed by atoms with E-state index in [4.69, 9.17) is 10.5 Å². The van der Waals surface area contributed by atoms with Gasteiger partial charge in [-0.05, 0) is 31.4 Å². The number of benzene rings is 1. The Hall–Kier alpha value is -1.39. The number of carbonyl (C=O) groups excluding carboxylic acids is 1. The van der Waals surface area contributed by atoms with E-state index in [-0.39, 0.29) is 18.1 Å². The molecule has 2 rings (SSSR count). The van der Waals surface area contributed by atoms with Crippen LogP contribution in [0.2, 0.25) is 0 Å². The minimum Gasteiger partial charge on any atom is -0.465 e. The minimum absolute atomic E-state index is 0.101. The van der Waals surface area contributed by atoms with Gasteiger partial charge in [-0.3, -0.25) is 9.69 Å². The van der Waals surface area contributed by atoms with Gasteiger partial charge in [-0.1, -0.05) is 24.3 Å². The summed E-state index contributed by atoms with van der Waals surface area (Å²) in [5.41, 5.74) is 8.51. The lowest BCUT2D eigenvalue weighted by molar-refractivity contribution is -0.150. The Kier molecular flexibility index (Phi) is 4.56. The van der Waals surface area contributed by atoms with Gasteiger partial charge in [0.05, 0.1) is 6.61 Å². The van der Waals surface area contributed by atoms with Crippen LogP contribution >= 0.6 is 0 Å². The Balaban J connectivity index is 2.22. The van der Waals surface area contributed by atoms with Crippen LogP contribution in [-0.2, 0) is 16.0 Å². The van der Waals surface area contributed by atoms with Crippen molar-refractivity contribution in [1.29, 1.82) is 0 Å². The third kappa shape index (κ3) is 2.80. The predicted octanol–water partition coefficient (Wildman–Crippen LogP) is 1.50. The summed E-state index contributed by atoms with van der Waals surface area (Å²) in [6.07, 6.45) is 0.955. The Morgan fingerprint density at radius 2 is 2.26 bits per heavy atom. The number of hydrogen-bond acceptors (Lipinski definition) is 4. The summed E-state index contributed by atoms with van der Waals surface area (Å²) in [5, 5.41) is 0. The van der Waals surface area contributed by atoms with E-state index >= 15 is 0 Å². The molecule has 1 aromatic carbocycles. The molecule has 0 bridgehead atoms. The van der Waals surface area contributed by atoms with Gasteiger partial charge >= 0.3 is 5.97 Å². The molecule has 1 heterocycles. The van der Waals surface area contributed by atoms with Gasteiger partial charge in [0.2, 0.25) is 0 Å². The van der Waals surface area contributed by atoms with Crippen LogP contribution in [0.4, 0.5) is 0 Å². The van der Waals surface area contributed by atoms with Gasteiger partial charge in [-0.25, -0.2) is 0 Å². The largest absolute Gasteiger partial charge is 0.465 e. The summed E-state index contributed by atoms with van der Waals surface area (Å²) in [4.78, 5) is 14.1. The van der Waals surface area contributed by atoms with Crippen molar-refractivity contribution in [2.24, 2.45) is 5.73 Å². The molecule has 2 N–H and O–H groups in total. The SMILES string of the molecule is CCOC(=O)C(C)N1CCc2ccccc2C1CN. The van der Waals surface area contributed by atoms with E-state index in [0.717, 1.165) is 13.0 Å². The zero-order chi connectivity index (χ0) is 13.8. The first-order valence-electron chi connectivity index (χ1n) is 6.89. The molecule has 1 aliphatic heterocycles. The van der Waals surface area contributed by atoms with Gasteiger partial charge in [0.1, 0.15) is 6.04 Å². The third-order valence-corrected chi connectivity index (χ3v) is 3.80. The molecule has 0 aliphatic carbocycles. The van der Waals surface area contributed by atoms with E-state index < -0.39 is 0 Å². The van der Waals surface area contributed by atoms with E-state index in [2.05, 4.69) is 23.1 Å². The Morgan fingerprint density at radius 3 is 2.95 bits per heavy atom. The summed E-state index contributed by atoms with van der Waals surface area (Å²) < 4.78 is 5.12. The van der Waals surface area contributed by atoms with Gasteiger partial charge in [-0.15, -0.1) is 0 Å². The Bertz CT molecular complexity index is 448. The average Bonchev–Trinajstić information content (AvgIpc) is 2.45. The van der Waals surface area contributed by atoms with Crippen molar-refractivity contribution in [3.63, 3.8) is 0 Å². The van der Waals surface area contributed by atoms with Crippen molar-refractivity contribution >= 4 is 5.97 Å². The molecule has 4 nitrogen and oxygen atoms in total. The molecule has 19 heavy (non-hydrogen) atoms. The van der Waals surface area contributed by atoms with Gasteiger partial charge in [0.25, 0.3) is 0 Å². The zero-order valence-electron chi connectivity index (χ0n) is 11.6. The molecular weight excluding hydrogens is 240 g/mol. The summed E-state index contributed by atoms with van der Waals surface area (Å²) in [7, 11) is 0. The lowest BCUT2D eigenvalue weighted by Crippen LogP contribution is -2.48. The zero-order valence-corrected chi connectivity index (χ0v) is 11.6. The first-order chi connectivity index (χ1) is 9.19. The van der Waals surface area contributed by atoms with Gasteiger partial charge in [0.15, 0.2) is 0 Å². The quantitative estimate of drug-likeness (QED) is 0.835. The summed E-state index contributed by atoms with van der Waals surface area (Å²) in [6.45, 7) is 5.51. The average molecular weight is 262 g/mol. The third-order valence-electron chi connectivity index (χ3n) is 3.80. The summed E-state index contributed by atoms with van der Waals surface area (Å²) >= 11 is 0. The van der Waals surface area contributed by atoms with Crippen molar-refractivity contribution < 1.29 is 9.53 Å². The van der Waals surface area contributed by atoms with Gasteiger partial charge in [-0.2, -0.15) is 0 Å². The molecule has 0 saturated carbocycles. The van der Waals surface area contributed by atoms with Crippen molar-refractivity contribution in [2.75, 3.05) is 19.7 Å². The predicted molar refractivity (Wildman–Crippen MR) is 74.7 cm³/mol. The second kappa shape index (κ2) is 6.17. The topological polar surface area (TPSA) is 55.6 Å². The fourth-order valence-electron chi connectivity index (χ4n) is 2.80. The highest BCUT2D eigenvalue weighted by Gasteiger charge is 2.32. The molecule has 1 aliphatic rings. The number of nitrogens with two attached hydrogens (primary N) is 1. The molecule has 4 heteroatoms. The number of hydrogen-bond donors (Lipinski definition) is 1. The smallest absolute Gasteiger partial charge is 0.323 e. The number of fused-ring (bicyclic) bond motifs is 1. The maximum absolute atomic E-state index is 11.9. The van der Waals surface area contributed by atoms with E-state index in [1.807, 2.05) is 19.9 Å². The highest BCUT2D eigenvalue weighted by molar-refractivity contribution is 5.75. The van der Waals surface area contributed by atoms with E-state index in [0.29, 0.717) is 13.2 Å². The molecule has 0 aromatic heterocycles. The molecule has 104 valence electrons. The van der Waals surface area contributed by atoms with Gasteiger partial charge in [0, 0.05) is 19.1 Å². The van der Waals surface area contributed by atoms with Crippen LogP contribution in [-0.4, -0.2) is 36.6 Å². The first-order valence-corrected chi connectivity index (χ1v) is 6.89. The lowest BCUT2D eigenvalue weighted by atomic mass is 9.91. The molecule has 0 spiro atoms. The Labute approximate surface area is 114 Å². The molecule has 0 radical (unpaired) electrons. The fourth-order valence-corrected chi connectivity index (χ4v) is 2.80. The number of carbonyl (C=O) groups is 1. The van der Waals surface area contributed by atoms with Crippen molar-refractivity contribution in [2.45, 2.75) is 32.4 Å². The summed E-state index contributed by atoms with van der Waals surface area (Å²) in [5.74, 6) is -0.166. The highest BCUT2D eigenvalue weighted by Crippen LogP contribution is 2.30. The summed E-state index contributed by atoms with van der Waals surface area (Å²) in [6, 6.07) is 8.18. The fraction of sp³-hybridized carbons (Fsp3) is 0.533. The van der Waals surface area contributed by atoms with Crippen LogP contribution in [0.15, 0.2) is 24.3 Å². The van der Waals surface area contributed by atoms with Crippen LogP contribution in [0.1, 0.15) is 31.0 Å². The van der Waals surface area contributed by atoms with Crippen molar-refractivity contribution in [3.05, 3.63) is 35.4 Å². The molecule has 0 fully saturated rings. The molecular formula is C15H22N2O2. The number of ether oxygens (including phenoxy) is 1. The van der Waals surface area contributed by atoms with E-state index in [1.54, 1.807) is 0 Å². The lowest BCUT2D eigenvalue weighted by Gasteiger charge is -2.39. The second-order valence-corrected chi connectivity index (χ2v) is 4.87. The molecule has 0 saturated heterocycles. The van der Waals surface area contributed by atoms with Crippen LogP contribution in [0, 0.1) is 0 Å². The van der Waals surface area contributed by atoms with Crippen molar-refractivity contribution in [3.8, 4) is 0 Å². The molecule has 2 unspecified atom stereocenters. The highest BCUT2D eigenvalue weighted by atomic mass is 16.5. The van der Waals surface area contributed by atoms with Crippen LogP contribution < -0.4 is 5.73 Å². The van der Waals surface area contributed by atoms with Crippen molar-refractivity contribution in [1.82, 2.24) is 4.90 Å². The molecule has 1 aromatic rings. The number of nitrogens with zero attached hydrogens (tertiary/aromatic N) is 1. The second-order valence-electron chi connectivity index (χ2n) is 4.87. The first kappa shape index (κ1) is 14.0. The maximum atomic E-state index is 11.9. The normalized spacial score (nSPS) is 20.7. The molecule has 2 atom stereocenters. The van der Waals surface area contributed by atoms with Crippen LogP contribution in [0.3, 0.4) is 0 Å². The van der Waals surface area contributed by atoms with Crippen LogP contribution in [0.25, 0.3) is 0 Å². The number of rotatable bonds is 4. The number of esters is 1. The van der Waals surface area contributed by atoms with Gasteiger partial charge < -0.3 is 10.5 Å². The Morgan fingerprint density at radius 1 is 1.53 bits per heavy atom.